The SMILES string of the molecule is O=C(O)CCNC(=O)c1ccc(CN(C(=O)Nc2cc(Cl)cc(Cl)c2)C2Cc3ccccc3C2)cc1. The Hall–Kier alpha value is -3.55. The van der Waals surface area contributed by atoms with Gasteiger partial charge in [0.2, 0.25) is 0 Å². The maximum absolute atomic E-state index is 13.4. The molecule has 186 valence electrons. The van der Waals surface area contributed by atoms with Crippen molar-refractivity contribution in [2.45, 2.75) is 31.8 Å². The number of nitrogens with zero attached hydrogens (tertiary/aromatic N) is 1. The minimum atomic E-state index is -0.974. The highest BCUT2D eigenvalue weighted by molar-refractivity contribution is 6.35. The van der Waals surface area contributed by atoms with Gasteiger partial charge in [-0.15, -0.1) is 0 Å². The van der Waals surface area contributed by atoms with Crippen molar-refractivity contribution in [1.29, 1.82) is 0 Å². The van der Waals surface area contributed by atoms with Crippen LogP contribution < -0.4 is 10.6 Å². The fourth-order valence-corrected chi connectivity index (χ4v) is 4.81. The van der Waals surface area contributed by atoms with E-state index in [4.69, 9.17) is 28.3 Å². The van der Waals surface area contributed by atoms with Crippen LogP contribution in [0.3, 0.4) is 0 Å². The number of aliphatic carboxylic acids is 1. The van der Waals surface area contributed by atoms with Crippen LogP contribution in [0.2, 0.25) is 10.0 Å². The zero-order valence-corrected chi connectivity index (χ0v) is 20.9. The van der Waals surface area contributed by atoms with Gasteiger partial charge >= 0.3 is 12.0 Å². The molecule has 3 amide bonds. The van der Waals surface area contributed by atoms with E-state index < -0.39 is 5.97 Å². The Bertz CT molecular complexity index is 1240. The summed E-state index contributed by atoms with van der Waals surface area (Å²) < 4.78 is 0. The van der Waals surface area contributed by atoms with E-state index >= 15 is 0 Å². The summed E-state index contributed by atoms with van der Waals surface area (Å²) in [6, 6.07) is 19.7. The molecule has 36 heavy (non-hydrogen) atoms. The average Bonchev–Trinajstić information content (AvgIpc) is 3.25. The average molecular weight is 526 g/mol. The highest BCUT2D eigenvalue weighted by Gasteiger charge is 2.30. The van der Waals surface area contributed by atoms with Crippen molar-refractivity contribution in [1.82, 2.24) is 10.2 Å². The molecule has 0 saturated carbocycles. The van der Waals surface area contributed by atoms with Gasteiger partial charge in [0, 0.05) is 40.4 Å². The van der Waals surface area contributed by atoms with Gasteiger partial charge in [-0.2, -0.15) is 0 Å². The van der Waals surface area contributed by atoms with Crippen LogP contribution in [-0.2, 0) is 24.2 Å². The lowest BCUT2D eigenvalue weighted by Crippen LogP contribution is -2.43. The first kappa shape index (κ1) is 25.5. The summed E-state index contributed by atoms with van der Waals surface area (Å²) in [6.07, 6.45) is 1.34. The number of hydrogen-bond donors (Lipinski definition) is 3. The molecule has 0 aromatic heterocycles. The van der Waals surface area contributed by atoms with E-state index in [9.17, 15) is 14.4 Å². The lowest BCUT2D eigenvalue weighted by Gasteiger charge is -2.29. The summed E-state index contributed by atoms with van der Waals surface area (Å²) in [5.74, 6) is -1.32. The van der Waals surface area contributed by atoms with Gasteiger partial charge in [0.15, 0.2) is 0 Å². The molecular weight excluding hydrogens is 501 g/mol. The Morgan fingerprint density at radius 1 is 0.917 bits per heavy atom. The first-order valence-corrected chi connectivity index (χ1v) is 12.2. The van der Waals surface area contributed by atoms with E-state index in [0.717, 1.165) is 18.4 Å². The van der Waals surface area contributed by atoms with Gasteiger partial charge in [-0.05, 0) is 59.9 Å². The number of amides is 3. The van der Waals surface area contributed by atoms with Crippen LogP contribution in [0.15, 0.2) is 66.7 Å². The molecule has 0 fully saturated rings. The molecule has 0 radical (unpaired) electrons. The number of rotatable bonds is 8. The van der Waals surface area contributed by atoms with Gasteiger partial charge < -0.3 is 20.6 Å². The van der Waals surface area contributed by atoms with E-state index in [1.54, 1.807) is 47.4 Å². The van der Waals surface area contributed by atoms with Crippen LogP contribution >= 0.6 is 23.2 Å². The molecule has 4 rings (SSSR count). The number of halogens is 2. The van der Waals surface area contributed by atoms with Crippen molar-refractivity contribution in [3.05, 3.63) is 99.0 Å². The van der Waals surface area contributed by atoms with E-state index in [1.165, 1.54) is 11.1 Å². The molecular formula is C27H25Cl2N3O4. The Morgan fingerprint density at radius 2 is 1.53 bits per heavy atom. The largest absolute Gasteiger partial charge is 0.481 e. The smallest absolute Gasteiger partial charge is 0.322 e. The number of carboxylic acid groups (broad SMARTS) is 1. The summed E-state index contributed by atoms with van der Waals surface area (Å²) in [7, 11) is 0. The molecule has 0 unspecified atom stereocenters. The predicted octanol–water partition coefficient (Wildman–Crippen LogP) is 5.40. The van der Waals surface area contributed by atoms with Crippen LogP contribution in [0, 0.1) is 0 Å². The molecule has 0 aliphatic heterocycles. The van der Waals surface area contributed by atoms with Gasteiger partial charge in [-0.25, -0.2) is 4.79 Å². The lowest BCUT2D eigenvalue weighted by atomic mass is 10.1. The second kappa shape index (κ2) is 11.5. The molecule has 9 heteroatoms. The minimum absolute atomic E-state index is 0.0453. The number of carboxylic acids is 1. The van der Waals surface area contributed by atoms with Crippen LogP contribution in [-0.4, -0.2) is 40.5 Å². The standard InChI is InChI=1S/C27H25Cl2N3O4/c28-21-13-22(29)15-23(14-21)31-27(36)32(24-11-19-3-1-2-4-20(19)12-24)16-17-5-7-18(8-6-17)26(35)30-10-9-25(33)34/h1-8,13-15,24H,9-12,16H2,(H,30,35)(H,31,36)(H,33,34). The van der Waals surface area contributed by atoms with E-state index in [-0.39, 0.29) is 30.9 Å². The third-order valence-electron chi connectivity index (χ3n) is 6.04. The number of carbonyl (C=O) groups excluding carboxylic acids is 2. The first-order chi connectivity index (χ1) is 17.3. The van der Waals surface area contributed by atoms with Crippen molar-refractivity contribution in [2.75, 3.05) is 11.9 Å². The number of anilines is 1. The van der Waals surface area contributed by atoms with Crippen LogP contribution in [0.25, 0.3) is 0 Å². The Labute approximate surface area is 219 Å². The molecule has 3 aromatic rings. The monoisotopic (exact) mass is 525 g/mol. The molecule has 3 aromatic carbocycles. The minimum Gasteiger partial charge on any atom is -0.481 e. The molecule has 0 bridgehead atoms. The zero-order chi connectivity index (χ0) is 25.7. The van der Waals surface area contributed by atoms with Gasteiger partial charge in [0.25, 0.3) is 5.91 Å². The molecule has 0 heterocycles. The first-order valence-electron chi connectivity index (χ1n) is 11.5. The van der Waals surface area contributed by atoms with Crippen LogP contribution in [0.5, 0.6) is 0 Å². The van der Waals surface area contributed by atoms with E-state index in [1.807, 2.05) is 12.1 Å². The van der Waals surface area contributed by atoms with Gasteiger partial charge in [-0.3, -0.25) is 9.59 Å². The molecule has 0 atom stereocenters. The summed E-state index contributed by atoms with van der Waals surface area (Å²) in [5, 5.41) is 15.1. The highest BCUT2D eigenvalue weighted by atomic mass is 35.5. The Morgan fingerprint density at radius 3 is 2.11 bits per heavy atom. The van der Waals surface area contributed by atoms with Crippen molar-refractivity contribution in [3.8, 4) is 0 Å². The number of hydrogen-bond acceptors (Lipinski definition) is 3. The van der Waals surface area contributed by atoms with Crippen molar-refractivity contribution >= 4 is 46.8 Å². The lowest BCUT2D eigenvalue weighted by molar-refractivity contribution is -0.136. The zero-order valence-electron chi connectivity index (χ0n) is 19.3. The highest BCUT2D eigenvalue weighted by Crippen LogP contribution is 2.28. The fourth-order valence-electron chi connectivity index (χ4n) is 4.29. The van der Waals surface area contributed by atoms with Crippen molar-refractivity contribution in [2.24, 2.45) is 0 Å². The second-order valence-electron chi connectivity index (χ2n) is 8.64. The predicted molar refractivity (Wildman–Crippen MR) is 140 cm³/mol. The summed E-state index contributed by atoms with van der Waals surface area (Å²) in [5.41, 5.74) is 4.22. The maximum Gasteiger partial charge on any atom is 0.322 e. The summed E-state index contributed by atoms with van der Waals surface area (Å²) >= 11 is 12.2. The number of nitrogens with one attached hydrogen (secondary N) is 2. The van der Waals surface area contributed by atoms with Crippen molar-refractivity contribution in [3.63, 3.8) is 0 Å². The van der Waals surface area contributed by atoms with E-state index in [0.29, 0.717) is 27.8 Å². The Kier molecular flexibility index (Phi) is 8.13. The fraction of sp³-hybridized carbons (Fsp3) is 0.222. The third-order valence-corrected chi connectivity index (χ3v) is 6.47. The van der Waals surface area contributed by atoms with Crippen molar-refractivity contribution < 1.29 is 19.5 Å². The second-order valence-corrected chi connectivity index (χ2v) is 9.52. The van der Waals surface area contributed by atoms with Crippen LogP contribution in [0.1, 0.15) is 33.5 Å². The molecule has 0 saturated heterocycles. The molecule has 1 aliphatic carbocycles. The van der Waals surface area contributed by atoms with Gasteiger partial charge in [-0.1, -0.05) is 59.6 Å². The molecule has 7 nitrogen and oxygen atoms in total. The quantitative estimate of drug-likeness (QED) is 0.366. The molecule has 3 N–H and O–H groups in total. The third kappa shape index (κ3) is 6.56. The number of fused-ring (bicyclic) bond motifs is 1. The Balaban J connectivity index is 1.50. The number of carbonyl (C=O) groups is 3. The van der Waals surface area contributed by atoms with Gasteiger partial charge in [0.1, 0.15) is 0 Å². The van der Waals surface area contributed by atoms with Gasteiger partial charge in [0.05, 0.1) is 6.42 Å². The maximum atomic E-state index is 13.4. The number of benzene rings is 3. The number of urea groups is 1. The summed E-state index contributed by atoms with van der Waals surface area (Å²) in [6.45, 7) is 0.388. The topological polar surface area (TPSA) is 98.7 Å². The normalized spacial score (nSPS) is 12.6. The molecule has 0 spiro atoms. The van der Waals surface area contributed by atoms with E-state index in [2.05, 4.69) is 22.8 Å². The van der Waals surface area contributed by atoms with Crippen LogP contribution in [0.4, 0.5) is 10.5 Å². The molecule has 1 aliphatic rings. The summed E-state index contributed by atoms with van der Waals surface area (Å²) in [4.78, 5) is 38.1.